The molecule has 0 aliphatic rings. The number of nitrogens with zero attached hydrogens (tertiary/aromatic N) is 1. The van der Waals surface area contributed by atoms with Gasteiger partial charge in [-0.3, -0.25) is 0 Å². The zero-order valence-corrected chi connectivity index (χ0v) is 33.5. The van der Waals surface area contributed by atoms with Gasteiger partial charge < -0.3 is 18.7 Å². The fourth-order valence-electron chi connectivity index (χ4n) is 9.67. The van der Waals surface area contributed by atoms with Crippen LogP contribution in [0.25, 0.3) is 110 Å². The van der Waals surface area contributed by atoms with Gasteiger partial charge in [-0.1, -0.05) is 133 Å². The van der Waals surface area contributed by atoms with Crippen LogP contribution in [0.1, 0.15) is 0 Å². The van der Waals surface area contributed by atoms with E-state index >= 15 is 0 Å². The van der Waals surface area contributed by atoms with Gasteiger partial charge in [-0.05, 0) is 123 Å². The van der Waals surface area contributed by atoms with Gasteiger partial charge in [-0.2, -0.15) is 0 Å². The van der Waals surface area contributed by atoms with E-state index in [4.69, 9.17) is 8.83 Å². The number of nitrogens with one attached hydrogen (secondary N) is 1. The summed E-state index contributed by atoms with van der Waals surface area (Å²) in [5.74, 6) is 0. The van der Waals surface area contributed by atoms with E-state index in [1.54, 1.807) is 0 Å². The number of rotatable bonds is 6. The minimum absolute atomic E-state index is 0.818. The molecule has 10 aromatic carbocycles. The third-order valence-corrected chi connectivity index (χ3v) is 12.6. The number of anilines is 3. The Labute approximate surface area is 356 Å². The molecule has 0 atom stereocenters. The highest BCUT2D eigenvalue weighted by Crippen LogP contribution is 2.45. The van der Waals surface area contributed by atoms with Crippen LogP contribution in [0.2, 0.25) is 0 Å². The van der Waals surface area contributed by atoms with E-state index < -0.39 is 0 Å². The summed E-state index contributed by atoms with van der Waals surface area (Å²) >= 11 is 0. The fourth-order valence-corrected chi connectivity index (χ4v) is 9.67. The van der Waals surface area contributed by atoms with E-state index in [2.05, 4.69) is 210 Å². The highest BCUT2D eigenvalue weighted by molar-refractivity contribution is 6.25. The summed E-state index contributed by atoms with van der Waals surface area (Å²) in [6.07, 6.45) is 0. The number of aromatic nitrogens is 1. The van der Waals surface area contributed by atoms with Crippen molar-refractivity contribution in [3.8, 4) is 33.4 Å². The zero-order valence-electron chi connectivity index (χ0n) is 33.5. The molecule has 0 bridgehead atoms. The van der Waals surface area contributed by atoms with Crippen molar-refractivity contribution in [3.63, 3.8) is 0 Å². The van der Waals surface area contributed by atoms with E-state index in [1.807, 2.05) is 12.1 Å². The lowest BCUT2D eigenvalue weighted by molar-refractivity contribution is 0.663. The Balaban J connectivity index is 0.962. The van der Waals surface area contributed by atoms with Crippen LogP contribution in [0.5, 0.6) is 0 Å². The Bertz CT molecular complexity index is 3850. The first-order valence-corrected chi connectivity index (χ1v) is 21.1. The molecule has 290 valence electrons. The first kappa shape index (κ1) is 34.5. The first-order valence-electron chi connectivity index (χ1n) is 21.1. The molecule has 0 saturated heterocycles. The SMILES string of the molecule is c1ccc(-c2ccc(N(c3ccc(-c4cccc5ccccc45)cc3)c3ccc4[nH]c5ccc(-c6cccc7oc8ccc9c%10ccccc%10oc9c8c67)cc5c4c3)cc2)cc1. The molecule has 3 heterocycles. The smallest absolute Gasteiger partial charge is 0.147 e. The van der Waals surface area contributed by atoms with Crippen molar-refractivity contribution in [2.75, 3.05) is 4.90 Å². The largest absolute Gasteiger partial charge is 0.456 e. The molecule has 0 unspecified atom stereocenters. The zero-order chi connectivity index (χ0) is 40.7. The van der Waals surface area contributed by atoms with Crippen LogP contribution in [0.3, 0.4) is 0 Å². The maximum atomic E-state index is 6.55. The van der Waals surface area contributed by atoms with Gasteiger partial charge in [0.1, 0.15) is 22.3 Å². The molecule has 0 saturated carbocycles. The molecule has 4 heteroatoms. The van der Waals surface area contributed by atoms with Crippen LogP contribution in [0.4, 0.5) is 17.1 Å². The lowest BCUT2D eigenvalue weighted by atomic mass is 9.97. The normalized spacial score (nSPS) is 11.9. The molecular weight excluding hydrogens is 757 g/mol. The monoisotopic (exact) mass is 792 g/mol. The predicted octanol–water partition coefficient (Wildman–Crippen LogP) is 16.7. The standard InChI is InChI=1S/C58H36N2O2/c1-2-10-36(11-3-1)37-20-25-41(26-21-37)60(42-27-22-39(23-28-42)45-16-8-13-38-12-4-5-14-44(38)45)43-29-32-52-50(35-43)49-34-40(24-31-51(49)59-52)46-17-9-19-54-56(46)57-55(61-54)33-30-48-47-15-6-7-18-53(47)62-58(48)57/h1-35,59H. The summed E-state index contributed by atoms with van der Waals surface area (Å²) in [5, 5.41) is 9.06. The highest BCUT2D eigenvalue weighted by Gasteiger charge is 2.20. The second-order valence-corrected chi connectivity index (χ2v) is 16.1. The van der Waals surface area contributed by atoms with Crippen LogP contribution in [0, 0.1) is 0 Å². The van der Waals surface area contributed by atoms with E-state index in [1.165, 1.54) is 33.0 Å². The van der Waals surface area contributed by atoms with E-state index in [0.29, 0.717) is 0 Å². The fraction of sp³-hybridized carbons (Fsp3) is 0. The molecule has 0 spiro atoms. The van der Waals surface area contributed by atoms with E-state index in [-0.39, 0.29) is 0 Å². The lowest BCUT2D eigenvalue weighted by Crippen LogP contribution is -2.09. The van der Waals surface area contributed by atoms with Crippen molar-refractivity contribution in [1.82, 2.24) is 4.98 Å². The molecule has 3 aromatic heterocycles. The van der Waals surface area contributed by atoms with Gasteiger partial charge in [0.05, 0.1) is 5.39 Å². The van der Waals surface area contributed by atoms with Crippen LogP contribution in [-0.4, -0.2) is 4.98 Å². The Morgan fingerprint density at radius 2 is 0.919 bits per heavy atom. The van der Waals surface area contributed by atoms with Crippen molar-refractivity contribution in [2.24, 2.45) is 0 Å². The molecule has 13 aromatic rings. The highest BCUT2D eigenvalue weighted by atomic mass is 16.3. The van der Waals surface area contributed by atoms with Gasteiger partial charge in [0.25, 0.3) is 0 Å². The van der Waals surface area contributed by atoms with Crippen LogP contribution in [0.15, 0.2) is 221 Å². The Morgan fingerprint density at radius 3 is 1.76 bits per heavy atom. The number of fused-ring (bicyclic) bond motifs is 11. The number of para-hydroxylation sites is 1. The molecule has 62 heavy (non-hydrogen) atoms. The number of aromatic amines is 1. The average molecular weight is 793 g/mol. The molecule has 0 aliphatic carbocycles. The van der Waals surface area contributed by atoms with Gasteiger partial charge in [-0.25, -0.2) is 0 Å². The first-order chi connectivity index (χ1) is 30.7. The van der Waals surface area contributed by atoms with Crippen molar-refractivity contribution >= 4 is 93.5 Å². The molecule has 13 rings (SSSR count). The number of benzene rings is 10. The number of hydrogen-bond acceptors (Lipinski definition) is 3. The quantitative estimate of drug-likeness (QED) is 0.182. The minimum Gasteiger partial charge on any atom is -0.456 e. The summed E-state index contributed by atoms with van der Waals surface area (Å²) in [7, 11) is 0. The number of furan rings is 2. The number of H-pyrrole nitrogens is 1. The third kappa shape index (κ3) is 5.40. The Hall–Kier alpha value is -8.34. The van der Waals surface area contributed by atoms with Gasteiger partial charge >= 0.3 is 0 Å². The van der Waals surface area contributed by atoms with Crippen molar-refractivity contribution < 1.29 is 8.83 Å². The predicted molar refractivity (Wildman–Crippen MR) is 259 cm³/mol. The van der Waals surface area contributed by atoms with Crippen molar-refractivity contribution in [1.29, 1.82) is 0 Å². The van der Waals surface area contributed by atoms with Gasteiger partial charge in [0.15, 0.2) is 0 Å². The summed E-state index contributed by atoms with van der Waals surface area (Å²) in [5.41, 5.74) is 15.8. The topological polar surface area (TPSA) is 45.3 Å². The molecular formula is C58H36N2O2. The van der Waals surface area contributed by atoms with Crippen molar-refractivity contribution in [3.05, 3.63) is 212 Å². The lowest BCUT2D eigenvalue weighted by Gasteiger charge is -2.26. The van der Waals surface area contributed by atoms with Gasteiger partial charge in [-0.15, -0.1) is 0 Å². The Kier molecular flexibility index (Phi) is 7.57. The molecule has 0 fully saturated rings. The summed E-state index contributed by atoms with van der Waals surface area (Å²) < 4.78 is 13.1. The number of hydrogen-bond donors (Lipinski definition) is 1. The second kappa shape index (κ2) is 13.6. The molecule has 0 amide bonds. The third-order valence-electron chi connectivity index (χ3n) is 12.6. The summed E-state index contributed by atoms with van der Waals surface area (Å²) in [6, 6.07) is 75.8. The molecule has 0 aliphatic heterocycles. The van der Waals surface area contributed by atoms with Crippen LogP contribution in [-0.2, 0) is 0 Å². The molecule has 4 nitrogen and oxygen atoms in total. The maximum absolute atomic E-state index is 6.55. The second-order valence-electron chi connectivity index (χ2n) is 16.1. The van der Waals surface area contributed by atoms with Crippen molar-refractivity contribution in [2.45, 2.75) is 0 Å². The van der Waals surface area contributed by atoms with Crippen LogP contribution >= 0.6 is 0 Å². The maximum Gasteiger partial charge on any atom is 0.147 e. The van der Waals surface area contributed by atoms with E-state index in [0.717, 1.165) is 93.9 Å². The molecule has 1 N–H and O–H groups in total. The summed E-state index contributed by atoms with van der Waals surface area (Å²) in [4.78, 5) is 6.08. The minimum atomic E-state index is 0.818. The van der Waals surface area contributed by atoms with Gasteiger partial charge in [0, 0.05) is 55.0 Å². The van der Waals surface area contributed by atoms with Crippen LogP contribution < -0.4 is 4.90 Å². The molecule has 0 radical (unpaired) electrons. The summed E-state index contributed by atoms with van der Waals surface area (Å²) in [6.45, 7) is 0. The average Bonchev–Trinajstić information content (AvgIpc) is 4.03. The Morgan fingerprint density at radius 1 is 0.323 bits per heavy atom. The van der Waals surface area contributed by atoms with E-state index in [9.17, 15) is 0 Å². The van der Waals surface area contributed by atoms with Gasteiger partial charge in [0.2, 0.25) is 0 Å².